The van der Waals surface area contributed by atoms with Gasteiger partial charge in [-0.15, -0.1) is 0 Å². The van der Waals surface area contributed by atoms with Crippen molar-refractivity contribution in [3.05, 3.63) is 69.4 Å². The van der Waals surface area contributed by atoms with Crippen molar-refractivity contribution < 1.29 is 4.39 Å². The summed E-state index contributed by atoms with van der Waals surface area (Å²) in [6.07, 6.45) is 1.11. The average molecular weight is 336 g/mol. The van der Waals surface area contributed by atoms with Gasteiger partial charge in [0.15, 0.2) is 0 Å². The van der Waals surface area contributed by atoms with Gasteiger partial charge in [-0.3, -0.25) is 0 Å². The first-order chi connectivity index (χ1) is 9.52. The van der Waals surface area contributed by atoms with E-state index >= 15 is 0 Å². The third kappa shape index (κ3) is 3.28. The fourth-order valence-corrected chi connectivity index (χ4v) is 2.41. The highest BCUT2D eigenvalue weighted by molar-refractivity contribution is 9.10. The van der Waals surface area contributed by atoms with Gasteiger partial charge in [0.05, 0.1) is 10.5 Å². The molecular weight excluding hydrogens is 317 g/mol. The molecule has 2 atom stereocenters. The molecule has 0 amide bonds. The molecule has 2 unspecified atom stereocenters. The molecule has 2 aromatic carbocycles. The topological polar surface area (TPSA) is 26.0 Å². The molecule has 0 aliphatic heterocycles. The van der Waals surface area contributed by atoms with E-state index in [-0.39, 0.29) is 11.9 Å². The van der Waals surface area contributed by atoms with E-state index in [1.54, 1.807) is 6.07 Å². The molecule has 106 valence electrons. The zero-order chi connectivity index (χ0) is 14.7. The summed E-state index contributed by atoms with van der Waals surface area (Å²) in [7, 11) is 0. The second-order valence-corrected chi connectivity index (χ2v) is 5.98. The number of benzene rings is 2. The monoisotopic (exact) mass is 335 g/mol. The Bertz CT molecular complexity index is 580. The Hall–Kier alpha value is -1.19. The maximum absolute atomic E-state index is 13.6. The quantitative estimate of drug-likeness (QED) is 0.821. The number of nitrogens with two attached hydrogens (primary N) is 1. The van der Waals surface area contributed by atoms with Crippen LogP contribution in [0.15, 0.2) is 46.9 Å². The van der Waals surface area contributed by atoms with Crippen LogP contribution in [-0.4, -0.2) is 0 Å². The fraction of sp³-hybridized carbons (Fsp3) is 0.294. The molecule has 0 heterocycles. The third-order valence-corrected chi connectivity index (χ3v) is 4.42. The highest BCUT2D eigenvalue weighted by Gasteiger charge is 2.12. The molecule has 0 saturated carbocycles. The molecule has 2 N–H and O–H groups in total. The minimum Gasteiger partial charge on any atom is -0.320 e. The van der Waals surface area contributed by atoms with Crippen LogP contribution in [0.1, 0.15) is 48.9 Å². The van der Waals surface area contributed by atoms with Gasteiger partial charge < -0.3 is 5.73 Å². The van der Waals surface area contributed by atoms with Crippen LogP contribution in [0, 0.1) is 5.82 Å². The van der Waals surface area contributed by atoms with E-state index in [1.165, 1.54) is 11.6 Å². The largest absolute Gasteiger partial charge is 0.320 e. The summed E-state index contributed by atoms with van der Waals surface area (Å²) >= 11 is 3.15. The molecule has 0 spiro atoms. The first-order valence-corrected chi connectivity index (χ1v) is 7.62. The normalized spacial score (nSPS) is 14.1. The molecule has 0 radical (unpaired) electrons. The minimum absolute atomic E-state index is 0.283. The summed E-state index contributed by atoms with van der Waals surface area (Å²) in [5.74, 6) is 0.263. The Morgan fingerprint density at radius 2 is 1.60 bits per heavy atom. The number of halogens is 2. The predicted octanol–water partition coefficient (Wildman–Crippen LogP) is 5.15. The third-order valence-electron chi connectivity index (χ3n) is 3.78. The van der Waals surface area contributed by atoms with Crippen molar-refractivity contribution in [2.75, 3.05) is 0 Å². The van der Waals surface area contributed by atoms with Gasteiger partial charge in [0.2, 0.25) is 0 Å². The Morgan fingerprint density at radius 1 is 1.05 bits per heavy atom. The van der Waals surface area contributed by atoms with E-state index in [4.69, 9.17) is 5.73 Å². The first-order valence-electron chi connectivity index (χ1n) is 6.83. The predicted molar refractivity (Wildman–Crippen MR) is 85.3 cm³/mol. The summed E-state index contributed by atoms with van der Waals surface area (Å²) in [5, 5.41) is 0. The van der Waals surface area contributed by atoms with E-state index < -0.39 is 0 Å². The van der Waals surface area contributed by atoms with Gasteiger partial charge in [-0.25, -0.2) is 4.39 Å². The van der Waals surface area contributed by atoms with Gasteiger partial charge in [0.1, 0.15) is 5.82 Å². The van der Waals surface area contributed by atoms with E-state index in [2.05, 4.69) is 41.9 Å². The zero-order valence-electron chi connectivity index (χ0n) is 11.7. The van der Waals surface area contributed by atoms with Gasteiger partial charge >= 0.3 is 0 Å². The van der Waals surface area contributed by atoms with Gasteiger partial charge in [0.25, 0.3) is 0 Å². The van der Waals surface area contributed by atoms with Crippen molar-refractivity contribution in [3.63, 3.8) is 0 Å². The van der Waals surface area contributed by atoms with Crippen molar-refractivity contribution in [1.82, 2.24) is 0 Å². The van der Waals surface area contributed by atoms with Crippen molar-refractivity contribution in [2.24, 2.45) is 5.73 Å². The first kappa shape index (κ1) is 15.2. The second-order valence-electron chi connectivity index (χ2n) is 5.13. The van der Waals surface area contributed by atoms with Crippen molar-refractivity contribution >= 4 is 15.9 Å². The molecule has 20 heavy (non-hydrogen) atoms. The van der Waals surface area contributed by atoms with Crippen molar-refractivity contribution in [3.8, 4) is 0 Å². The maximum atomic E-state index is 13.6. The molecule has 2 rings (SSSR count). The lowest BCUT2D eigenvalue weighted by Crippen LogP contribution is -2.12. The van der Waals surface area contributed by atoms with Crippen LogP contribution in [0.3, 0.4) is 0 Å². The molecule has 0 aromatic heterocycles. The van der Waals surface area contributed by atoms with Crippen LogP contribution in [0.4, 0.5) is 4.39 Å². The SMILES string of the molecule is CCC(C)c1ccc(C(N)c2ccc(Br)c(F)c2)cc1. The van der Waals surface area contributed by atoms with Crippen LogP contribution >= 0.6 is 15.9 Å². The molecule has 0 bridgehead atoms. The van der Waals surface area contributed by atoms with Gasteiger partial charge in [-0.1, -0.05) is 44.2 Å². The summed E-state index contributed by atoms with van der Waals surface area (Å²) in [5.41, 5.74) is 9.30. The second kappa shape index (κ2) is 6.51. The van der Waals surface area contributed by atoms with Crippen molar-refractivity contribution in [2.45, 2.75) is 32.2 Å². The fourth-order valence-electron chi connectivity index (χ4n) is 2.17. The summed E-state index contributed by atoms with van der Waals surface area (Å²) in [4.78, 5) is 0. The molecule has 0 aliphatic rings. The minimum atomic E-state index is -0.302. The maximum Gasteiger partial charge on any atom is 0.137 e. The van der Waals surface area contributed by atoms with Crippen molar-refractivity contribution in [1.29, 1.82) is 0 Å². The lowest BCUT2D eigenvalue weighted by Gasteiger charge is -2.15. The van der Waals surface area contributed by atoms with Gasteiger partial charge in [0, 0.05) is 0 Å². The Kier molecular flexibility index (Phi) is 4.95. The van der Waals surface area contributed by atoms with Crippen LogP contribution < -0.4 is 5.73 Å². The van der Waals surface area contributed by atoms with Crippen LogP contribution in [0.2, 0.25) is 0 Å². The summed E-state index contributed by atoms with van der Waals surface area (Å²) in [6, 6.07) is 13.0. The summed E-state index contributed by atoms with van der Waals surface area (Å²) in [6.45, 7) is 4.38. The molecular formula is C17H19BrFN. The van der Waals surface area contributed by atoms with E-state index in [0.29, 0.717) is 10.4 Å². The van der Waals surface area contributed by atoms with Gasteiger partial charge in [-0.2, -0.15) is 0 Å². The van der Waals surface area contributed by atoms with E-state index in [0.717, 1.165) is 17.5 Å². The Labute approximate surface area is 128 Å². The average Bonchev–Trinajstić information content (AvgIpc) is 2.48. The smallest absolute Gasteiger partial charge is 0.137 e. The highest BCUT2D eigenvalue weighted by Crippen LogP contribution is 2.26. The standard InChI is InChI=1S/C17H19BrFN/c1-3-11(2)12-4-6-13(7-5-12)17(20)14-8-9-15(18)16(19)10-14/h4-11,17H,3,20H2,1-2H3. The molecule has 1 nitrogen and oxygen atoms in total. The number of hydrogen-bond acceptors (Lipinski definition) is 1. The van der Waals surface area contributed by atoms with Gasteiger partial charge in [-0.05, 0) is 57.1 Å². The van der Waals surface area contributed by atoms with E-state index in [1.807, 2.05) is 18.2 Å². The molecule has 3 heteroatoms. The lowest BCUT2D eigenvalue weighted by atomic mass is 9.94. The van der Waals surface area contributed by atoms with Crippen LogP contribution in [0.5, 0.6) is 0 Å². The molecule has 2 aromatic rings. The summed E-state index contributed by atoms with van der Waals surface area (Å²) < 4.78 is 14.0. The Balaban J connectivity index is 2.24. The Morgan fingerprint density at radius 3 is 2.15 bits per heavy atom. The van der Waals surface area contributed by atoms with Crippen LogP contribution in [-0.2, 0) is 0 Å². The number of rotatable bonds is 4. The number of hydrogen-bond donors (Lipinski definition) is 1. The zero-order valence-corrected chi connectivity index (χ0v) is 13.3. The molecule has 0 saturated heterocycles. The molecule has 0 aliphatic carbocycles. The van der Waals surface area contributed by atoms with Crippen LogP contribution in [0.25, 0.3) is 0 Å². The lowest BCUT2D eigenvalue weighted by molar-refractivity contribution is 0.617. The highest BCUT2D eigenvalue weighted by atomic mass is 79.9. The molecule has 0 fully saturated rings. The van der Waals surface area contributed by atoms with E-state index in [9.17, 15) is 4.39 Å².